The summed E-state index contributed by atoms with van der Waals surface area (Å²) in [5.74, 6) is 1.34. The molecule has 4 heteroatoms. The number of hydrogen-bond donors (Lipinski definition) is 0. The average Bonchev–Trinajstić information content (AvgIpc) is 2.73. The lowest BCUT2D eigenvalue weighted by Crippen LogP contribution is -2.01. The molecule has 0 saturated heterocycles. The fraction of sp³-hybridized carbons (Fsp3) is 0.200. The molecule has 14 heavy (non-hydrogen) atoms. The van der Waals surface area contributed by atoms with Crippen LogP contribution < -0.4 is 0 Å². The van der Waals surface area contributed by atoms with Crippen molar-refractivity contribution in [2.45, 2.75) is 13.8 Å². The van der Waals surface area contributed by atoms with Gasteiger partial charge in [0.05, 0.1) is 11.1 Å². The van der Waals surface area contributed by atoms with Crippen molar-refractivity contribution in [3.63, 3.8) is 0 Å². The zero-order valence-electron chi connectivity index (χ0n) is 7.90. The van der Waals surface area contributed by atoms with Crippen LogP contribution in [0.15, 0.2) is 21.4 Å². The molecular formula is C10H9NO2S. The normalized spacial score (nSPS) is 10.4. The molecule has 2 aromatic heterocycles. The molecule has 0 amide bonds. The molecule has 2 aromatic rings. The molecule has 2 heterocycles. The third-order valence-corrected chi connectivity index (χ3v) is 2.54. The number of thiazole rings is 1. The summed E-state index contributed by atoms with van der Waals surface area (Å²) in [5, 5.41) is 1.74. The Kier molecular flexibility index (Phi) is 2.21. The summed E-state index contributed by atoms with van der Waals surface area (Å²) in [6.45, 7) is 3.61. The topological polar surface area (TPSA) is 43.1 Å². The summed E-state index contributed by atoms with van der Waals surface area (Å²) in [4.78, 5) is 15.8. The second-order valence-corrected chi connectivity index (χ2v) is 3.75. The van der Waals surface area contributed by atoms with E-state index < -0.39 is 0 Å². The van der Waals surface area contributed by atoms with Crippen LogP contribution in [0.4, 0.5) is 0 Å². The first kappa shape index (κ1) is 9.15. The van der Waals surface area contributed by atoms with E-state index in [9.17, 15) is 4.79 Å². The molecule has 3 nitrogen and oxygen atoms in total. The molecule has 72 valence electrons. The molecule has 0 atom stereocenters. The molecule has 2 rings (SSSR count). The summed E-state index contributed by atoms with van der Waals surface area (Å²) in [5.41, 5.74) is 2.74. The van der Waals surface area contributed by atoms with E-state index in [0.29, 0.717) is 17.0 Å². The maximum absolute atomic E-state index is 11.8. The fourth-order valence-electron chi connectivity index (χ4n) is 1.32. The molecule has 0 unspecified atom stereocenters. The molecule has 0 aromatic carbocycles. The van der Waals surface area contributed by atoms with Crippen LogP contribution in [0.3, 0.4) is 0 Å². The highest BCUT2D eigenvalue weighted by Gasteiger charge is 2.16. The Balaban J connectivity index is 2.41. The van der Waals surface area contributed by atoms with Gasteiger partial charge in [-0.3, -0.25) is 4.79 Å². The van der Waals surface area contributed by atoms with E-state index in [-0.39, 0.29) is 5.78 Å². The van der Waals surface area contributed by atoms with E-state index in [2.05, 4.69) is 4.98 Å². The highest BCUT2D eigenvalue weighted by atomic mass is 32.1. The minimum atomic E-state index is -0.0689. The number of ketones is 1. The number of carbonyl (C=O) groups is 1. The van der Waals surface area contributed by atoms with Gasteiger partial charge in [-0.15, -0.1) is 11.3 Å². The maximum Gasteiger partial charge on any atom is 0.215 e. The van der Waals surface area contributed by atoms with Crippen molar-refractivity contribution in [1.29, 1.82) is 0 Å². The van der Waals surface area contributed by atoms with Crippen LogP contribution in [0.25, 0.3) is 0 Å². The Morgan fingerprint density at radius 3 is 2.79 bits per heavy atom. The standard InChI is InChI=1S/C10H9NO2S/c1-6-3-8(7(2)13-6)10(12)9-4-14-5-11-9/h3-5H,1-2H3. The number of aromatic nitrogens is 1. The van der Waals surface area contributed by atoms with Crippen molar-refractivity contribution >= 4 is 17.1 Å². The number of aryl methyl sites for hydroxylation is 2. The Labute approximate surface area is 85.4 Å². The van der Waals surface area contributed by atoms with Gasteiger partial charge in [0, 0.05) is 5.38 Å². The second-order valence-electron chi connectivity index (χ2n) is 3.03. The lowest BCUT2D eigenvalue weighted by Gasteiger charge is -1.92. The first-order chi connectivity index (χ1) is 6.68. The lowest BCUT2D eigenvalue weighted by atomic mass is 10.1. The molecule has 0 aliphatic carbocycles. The highest BCUT2D eigenvalue weighted by molar-refractivity contribution is 7.07. The summed E-state index contributed by atoms with van der Waals surface area (Å²) < 4.78 is 5.29. The van der Waals surface area contributed by atoms with E-state index in [1.165, 1.54) is 11.3 Å². The number of nitrogens with zero attached hydrogens (tertiary/aromatic N) is 1. The molecule has 0 fully saturated rings. The lowest BCUT2D eigenvalue weighted by molar-refractivity contribution is 0.103. The molecule has 0 spiro atoms. The number of furan rings is 1. The maximum atomic E-state index is 11.8. The van der Waals surface area contributed by atoms with E-state index in [1.54, 1.807) is 23.9 Å². The van der Waals surface area contributed by atoms with Gasteiger partial charge in [0.2, 0.25) is 5.78 Å². The Bertz CT molecular complexity index is 456. The first-order valence-electron chi connectivity index (χ1n) is 4.18. The predicted molar refractivity (Wildman–Crippen MR) is 53.7 cm³/mol. The predicted octanol–water partition coefficient (Wildman–Crippen LogP) is 2.58. The molecule has 0 aliphatic heterocycles. The van der Waals surface area contributed by atoms with Crippen LogP contribution >= 0.6 is 11.3 Å². The van der Waals surface area contributed by atoms with Crippen LogP contribution in [0.1, 0.15) is 27.6 Å². The summed E-state index contributed by atoms with van der Waals surface area (Å²) in [7, 11) is 0. The van der Waals surface area contributed by atoms with Crippen molar-refractivity contribution in [2.75, 3.05) is 0 Å². The van der Waals surface area contributed by atoms with Gasteiger partial charge < -0.3 is 4.42 Å². The van der Waals surface area contributed by atoms with E-state index in [0.717, 1.165) is 5.76 Å². The molecule has 0 N–H and O–H groups in total. The zero-order valence-corrected chi connectivity index (χ0v) is 8.72. The van der Waals surface area contributed by atoms with Crippen molar-refractivity contribution in [1.82, 2.24) is 4.98 Å². The quantitative estimate of drug-likeness (QED) is 0.711. The summed E-state index contributed by atoms with van der Waals surface area (Å²) in [6, 6.07) is 1.75. The van der Waals surface area contributed by atoms with Crippen LogP contribution in [-0.4, -0.2) is 10.8 Å². The molecule has 0 radical (unpaired) electrons. The van der Waals surface area contributed by atoms with Gasteiger partial charge >= 0.3 is 0 Å². The van der Waals surface area contributed by atoms with Crippen LogP contribution in [-0.2, 0) is 0 Å². The smallest absolute Gasteiger partial charge is 0.215 e. The van der Waals surface area contributed by atoms with Crippen LogP contribution in [0.5, 0.6) is 0 Å². The molecule has 0 saturated carbocycles. The van der Waals surface area contributed by atoms with Gasteiger partial charge in [0.25, 0.3) is 0 Å². The third-order valence-electron chi connectivity index (χ3n) is 1.95. The molecule has 0 aliphatic rings. The minimum Gasteiger partial charge on any atom is -0.466 e. The number of carbonyl (C=O) groups excluding carboxylic acids is 1. The Hall–Kier alpha value is -1.42. The summed E-state index contributed by atoms with van der Waals surface area (Å²) >= 11 is 1.41. The zero-order chi connectivity index (χ0) is 10.1. The third kappa shape index (κ3) is 1.48. The highest BCUT2D eigenvalue weighted by Crippen LogP contribution is 2.17. The van der Waals surface area contributed by atoms with Gasteiger partial charge in [-0.2, -0.15) is 0 Å². The van der Waals surface area contributed by atoms with Gasteiger partial charge in [0.1, 0.15) is 17.2 Å². The number of hydrogen-bond acceptors (Lipinski definition) is 4. The Morgan fingerprint density at radius 2 is 2.29 bits per heavy atom. The van der Waals surface area contributed by atoms with Crippen molar-refractivity contribution in [2.24, 2.45) is 0 Å². The van der Waals surface area contributed by atoms with Gasteiger partial charge in [-0.05, 0) is 19.9 Å². The van der Waals surface area contributed by atoms with Crippen molar-refractivity contribution < 1.29 is 9.21 Å². The summed E-state index contributed by atoms with van der Waals surface area (Å²) in [6.07, 6.45) is 0. The SMILES string of the molecule is Cc1cc(C(=O)c2cscn2)c(C)o1. The molecule has 0 bridgehead atoms. The van der Waals surface area contributed by atoms with E-state index in [4.69, 9.17) is 4.42 Å². The average molecular weight is 207 g/mol. The van der Waals surface area contributed by atoms with Crippen molar-refractivity contribution in [3.05, 3.63) is 39.7 Å². The van der Waals surface area contributed by atoms with Crippen LogP contribution in [0, 0.1) is 13.8 Å². The minimum absolute atomic E-state index is 0.0689. The van der Waals surface area contributed by atoms with E-state index in [1.807, 2.05) is 6.92 Å². The number of rotatable bonds is 2. The van der Waals surface area contributed by atoms with Gasteiger partial charge in [0.15, 0.2) is 0 Å². The Morgan fingerprint density at radius 1 is 1.50 bits per heavy atom. The monoisotopic (exact) mass is 207 g/mol. The molecular weight excluding hydrogens is 198 g/mol. The second kappa shape index (κ2) is 3.38. The largest absolute Gasteiger partial charge is 0.466 e. The van der Waals surface area contributed by atoms with Gasteiger partial charge in [-0.25, -0.2) is 4.98 Å². The van der Waals surface area contributed by atoms with Gasteiger partial charge in [-0.1, -0.05) is 0 Å². The van der Waals surface area contributed by atoms with E-state index >= 15 is 0 Å². The first-order valence-corrected chi connectivity index (χ1v) is 5.12. The van der Waals surface area contributed by atoms with Crippen LogP contribution in [0.2, 0.25) is 0 Å². The van der Waals surface area contributed by atoms with Crippen molar-refractivity contribution in [3.8, 4) is 0 Å². The fourth-order valence-corrected chi connectivity index (χ4v) is 1.85.